The molecule has 25 heavy (non-hydrogen) atoms. The predicted octanol–water partition coefficient (Wildman–Crippen LogP) is 4.17. The van der Waals surface area contributed by atoms with Crippen molar-refractivity contribution in [3.8, 4) is 0 Å². The number of aromatic nitrogens is 2. The van der Waals surface area contributed by atoms with Crippen LogP contribution in [0.1, 0.15) is 32.0 Å². The summed E-state index contributed by atoms with van der Waals surface area (Å²) in [6.45, 7) is 6.63. The van der Waals surface area contributed by atoms with E-state index in [9.17, 15) is 4.79 Å². The van der Waals surface area contributed by atoms with Crippen LogP contribution >= 0.6 is 11.6 Å². The lowest BCUT2D eigenvalue weighted by atomic mass is 10.1. The third kappa shape index (κ3) is 4.60. The van der Waals surface area contributed by atoms with Crippen LogP contribution in [0, 0.1) is 0 Å². The van der Waals surface area contributed by atoms with Gasteiger partial charge in [0.25, 0.3) is 0 Å². The molecule has 0 bridgehead atoms. The second-order valence-corrected chi connectivity index (χ2v) is 7.39. The van der Waals surface area contributed by atoms with Crippen molar-refractivity contribution in [3.05, 3.63) is 46.7 Å². The van der Waals surface area contributed by atoms with Crippen LogP contribution in [0.2, 0.25) is 5.02 Å². The summed E-state index contributed by atoms with van der Waals surface area (Å²) < 4.78 is 5.43. The van der Waals surface area contributed by atoms with E-state index in [1.807, 2.05) is 32.9 Å². The van der Waals surface area contributed by atoms with E-state index in [1.165, 1.54) is 0 Å². The summed E-state index contributed by atoms with van der Waals surface area (Å²) in [5, 5.41) is 3.84. The molecule has 0 aliphatic carbocycles. The zero-order valence-electron chi connectivity index (χ0n) is 14.5. The molecule has 0 fully saturated rings. The van der Waals surface area contributed by atoms with Crippen molar-refractivity contribution < 1.29 is 9.53 Å². The van der Waals surface area contributed by atoms with Crippen LogP contribution < -0.4 is 5.32 Å². The fraction of sp³-hybridized carbons (Fsp3) is 0.389. The first-order valence-electron chi connectivity index (χ1n) is 8.15. The molecule has 1 N–H and O–H groups in total. The topological polar surface area (TPSA) is 67.3 Å². The quantitative estimate of drug-likeness (QED) is 0.870. The van der Waals surface area contributed by atoms with Crippen molar-refractivity contribution in [2.24, 2.45) is 0 Å². The summed E-state index contributed by atoms with van der Waals surface area (Å²) in [5.41, 5.74) is 2.26. The lowest BCUT2D eigenvalue weighted by Crippen LogP contribution is -2.40. The number of hydrogen-bond donors (Lipinski definition) is 1. The maximum Gasteiger partial charge on any atom is 0.410 e. The van der Waals surface area contributed by atoms with Crippen LogP contribution in [0.5, 0.6) is 0 Å². The molecule has 0 saturated heterocycles. The molecule has 6 nitrogen and oxygen atoms in total. The van der Waals surface area contributed by atoms with Crippen molar-refractivity contribution in [1.29, 1.82) is 0 Å². The molecule has 0 radical (unpaired) electrons. The minimum Gasteiger partial charge on any atom is -0.444 e. The number of benzene rings is 1. The average Bonchev–Trinajstić information content (AvgIpc) is 2.55. The molecule has 0 spiro atoms. The Balaban J connectivity index is 1.69. The predicted molar refractivity (Wildman–Crippen MR) is 97.1 cm³/mol. The molecule has 0 atom stereocenters. The fourth-order valence-corrected chi connectivity index (χ4v) is 2.65. The Labute approximate surface area is 152 Å². The minimum absolute atomic E-state index is 0.304. The molecule has 1 aromatic heterocycles. The Morgan fingerprint density at radius 3 is 2.68 bits per heavy atom. The van der Waals surface area contributed by atoms with Gasteiger partial charge in [-0.1, -0.05) is 11.6 Å². The van der Waals surface area contributed by atoms with E-state index in [0.717, 1.165) is 16.9 Å². The van der Waals surface area contributed by atoms with Crippen molar-refractivity contribution in [2.75, 3.05) is 11.9 Å². The first-order valence-corrected chi connectivity index (χ1v) is 8.53. The van der Waals surface area contributed by atoms with Crippen molar-refractivity contribution in [3.63, 3.8) is 0 Å². The first-order chi connectivity index (χ1) is 11.8. The molecule has 1 aliphatic heterocycles. The number of fused-ring (bicyclic) bond motifs is 1. The normalized spacial score (nSPS) is 14.0. The largest absolute Gasteiger partial charge is 0.444 e. The number of anilines is 2. The number of rotatable bonds is 2. The molecule has 2 aromatic rings. The summed E-state index contributed by atoms with van der Waals surface area (Å²) in [4.78, 5) is 22.8. The highest BCUT2D eigenvalue weighted by molar-refractivity contribution is 6.30. The Bertz CT molecular complexity index is 772. The van der Waals surface area contributed by atoms with E-state index in [0.29, 0.717) is 30.5 Å². The zero-order chi connectivity index (χ0) is 18.0. The van der Waals surface area contributed by atoms with Gasteiger partial charge >= 0.3 is 6.09 Å². The van der Waals surface area contributed by atoms with Gasteiger partial charge in [-0.15, -0.1) is 0 Å². The molecule has 2 heterocycles. The SMILES string of the molecule is CC(C)(C)OC(=O)N1CCc2nc(Nc3ccc(Cl)cc3)ncc2C1. The molecule has 7 heteroatoms. The smallest absolute Gasteiger partial charge is 0.410 e. The molecule has 132 valence electrons. The third-order valence-electron chi connectivity index (χ3n) is 3.69. The lowest BCUT2D eigenvalue weighted by Gasteiger charge is -2.30. The van der Waals surface area contributed by atoms with E-state index < -0.39 is 5.60 Å². The van der Waals surface area contributed by atoms with Crippen LogP contribution in [-0.4, -0.2) is 33.1 Å². The van der Waals surface area contributed by atoms with Crippen LogP contribution in [0.25, 0.3) is 0 Å². The van der Waals surface area contributed by atoms with Crippen molar-refractivity contribution in [2.45, 2.75) is 39.3 Å². The molecule has 0 saturated carbocycles. The number of ether oxygens (including phenoxy) is 1. The summed E-state index contributed by atoms with van der Waals surface area (Å²) >= 11 is 5.89. The molecule has 0 unspecified atom stereocenters. The number of carbonyl (C=O) groups excluding carboxylic acids is 1. The summed E-state index contributed by atoms with van der Waals surface area (Å²) in [5.74, 6) is 0.534. The number of hydrogen-bond acceptors (Lipinski definition) is 5. The van der Waals surface area contributed by atoms with E-state index in [4.69, 9.17) is 16.3 Å². The monoisotopic (exact) mass is 360 g/mol. The van der Waals surface area contributed by atoms with Gasteiger partial charge in [-0.2, -0.15) is 0 Å². The number of carbonyl (C=O) groups is 1. The zero-order valence-corrected chi connectivity index (χ0v) is 15.3. The Hall–Kier alpha value is -2.34. The van der Waals surface area contributed by atoms with E-state index in [-0.39, 0.29) is 6.09 Å². The van der Waals surface area contributed by atoms with Crippen LogP contribution in [0.15, 0.2) is 30.5 Å². The summed E-state index contributed by atoms with van der Waals surface area (Å²) in [7, 11) is 0. The minimum atomic E-state index is -0.500. The van der Waals surface area contributed by atoms with Crippen LogP contribution in [0.4, 0.5) is 16.4 Å². The van der Waals surface area contributed by atoms with Crippen molar-refractivity contribution in [1.82, 2.24) is 14.9 Å². The standard InChI is InChI=1S/C18H21ClN4O2/c1-18(2,3)25-17(24)23-9-8-15-12(11-23)10-20-16(22-15)21-14-6-4-13(19)5-7-14/h4-7,10H,8-9,11H2,1-3H3,(H,20,21,22). The van der Waals surface area contributed by atoms with Gasteiger partial charge < -0.3 is 15.0 Å². The van der Waals surface area contributed by atoms with Gasteiger partial charge in [0, 0.05) is 35.4 Å². The highest BCUT2D eigenvalue weighted by Gasteiger charge is 2.26. The van der Waals surface area contributed by atoms with Gasteiger partial charge in [0.15, 0.2) is 0 Å². The Kier molecular flexibility index (Phi) is 4.81. The van der Waals surface area contributed by atoms with Crippen molar-refractivity contribution >= 4 is 29.3 Å². The molecule has 1 amide bonds. The van der Waals surface area contributed by atoms with E-state index in [2.05, 4.69) is 15.3 Å². The maximum atomic E-state index is 12.2. The fourth-order valence-electron chi connectivity index (χ4n) is 2.52. The Morgan fingerprint density at radius 2 is 2.00 bits per heavy atom. The van der Waals surface area contributed by atoms with Gasteiger partial charge in [0.1, 0.15) is 5.60 Å². The molecular weight excluding hydrogens is 340 g/mol. The molecular formula is C18H21ClN4O2. The van der Waals surface area contributed by atoms with Gasteiger partial charge in [-0.05, 0) is 45.0 Å². The second-order valence-electron chi connectivity index (χ2n) is 6.95. The number of nitrogens with one attached hydrogen (secondary N) is 1. The highest BCUT2D eigenvalue weighted by atomic mass is 35.5. The third-order valence-corrected chi connectivity index (χ3v) is 3.94. The number of amides is 1. The average molecular weight is 361 g/mol. The van der Waals surface area contributed by atoms with Gasteiger partial charge in [-0.25, -0.2) is 14.8 Å². The first kappa shape index (κ1) is 17.5. The molecule has 1 aromatic carbocycles. The van der Waals surface area contributed by atoms with Crippen LogP contribution in [0.3, 0.4) is 0 Å². The molecule has 1 aliphatic rings. The maximum absolute atomic E-state index is 12.2. The number of nitrogens with zero attached hydrogens (tertiary/aromatic N) is 3. The van der Waals surface area contributed by atoms with Gasteiger partial charge in [0.2, 0.25) is 5.95 Å². The number of halogens is 1. The summed E-state index contributed by atoms with van der Waals surface area (Å²) in [6.07, 6.45) is 2.13. The second kappa shape index (κ2) is 6.88. The van der Waals surface area contributed by atoms with E-state index in [1.54, 1.807) is 23.2 Å². The highest BCUT2D eigenvalue weighted by Crippen LogP contribution is 2.22. The summed E-state index contributed by atoms with van der Waals surface area (Å²) in [6, 6.07) is 7.35. The van der Waals surface area contributed by atoms with Gasteiger partial charge in [-0.3, -0.25) is 0 Å². The molecule has 3 rings (SSSR count). The van der Waals surface area contributed by atoms with Crippen LogP contribution in [-0.2, 0) is 17.7 Å². The van der Waals surface area contributed by atoms with E-state index >= 15 is 0 Å². The van der Waals surface area contributed by atoms with Gasteiger partial charge in [0.05, 0.1) is 12.2 Å². The lowest BCUT2D eigenvalue weighted by molar-refractivity contribution is 0.0222. The Morgan fingerprint density at radius 1 is 1.28 bits per heavy atom.